The Kier molecular flexibility index (Phi) is 14.7. The molecule has 0 spiro atoms. The number of carbonyl (C=O) groups excluding carboxylic acids is 2. The molecular formula is C68H70O11. The summed E-state index contributed by atoms with van der Waals surface area (Å²) in [6.45, 7) is 2.68. The highest BCUT2D eigenvalue weighted by Gasteiger charge is 2.62. The number of aliphatic hydroxyl groups excluding tert-OH is 3. The van der Waals surface area contributed by atoms with E-state index >= 15 is 9.59 Å². The van der Waals surface area contributed by atoms with Crippen molar-refractivity contribution < 1.29 is 48.3 Å². The van der Waals surface area contributed by atoms with Gasteiger partial charge in [-0.15, -0.1) is 0 Å². The van der Waals surface area contributed by atoms with Crippen LogP contribution >= 0.6 is 0 Å². The van der Waals surface area contributed by atoms with Crippen molar-refractivity contribution >= 4 is 29.0 Å². The number of benzene rings is 5. The number of fused-ring (bicyclic) bond motifs is 11. The fourth-order valence-electron chi connectivity index (χ4n) is 15.0. The van der Waals surface area contributed by atoms with E-state index in [-0.39, 0.29) is 97.2 Å². The average molecular weight is 1060 g/mol. The molecule has 5 aromatic carbocycles. The molecular weight excluding hydrogens is 993 g/mol. The van der Waals surface area contributed by atoms with Crippen LogP contribution in [0.2, 0.25) is 0 Å². The lowest BCUT2D eigenvalue weighted by molar-refractivity contribution is -0.202. The fourth-order valence-corrected chi connectivity index (χ4v) is 15.0. The molecule has 12 rings (SSSR count). The predicted octanol–water partition coefficient (Wildman–Crippen LogP) is 11.4. The lowest BCUT2D eigenvalue weighted by Crippen LogP contribution is -2.59. The fraction of sp³-hybridized carbons (Fsp3) is 0.397. The molecule has 11 atom stereocenters. The molecule has 3 N–H and O–H groups in total. The maximum Gasteiger partial charge on any atom is 0.340 e. The zero-order chi connectivity index (χ0) is 54.5. The molecule has 1 fully saturated rings. The van der Waals surface area contributed by atoms with E-state index in [2.05, 4.69) is 115 Å². The van der Waals surface area contributed by atoms with Gasteiger partial charge >= 0.3 is 17.6 Å². The molecule has 11 unspecified atom stereocenters. The molecule has 3 aliphatic heterocycles. The van der Waals surface area contributed by atoms with Crippen LogP contribution in [0.1, 0.15) is 143 Å². The molecule has 79 heavy (non-hydrogen) atoms. The van der Waals surface area contributed by atoms with Gasteiger partial charge in [0.2, 0.25) is 0 Å². The van der Waals surface area contributed by atoms with Crippen LogP contribution in [0, 0.1) is 23.7 Å². The van der Waals surface area contributed by atoms with Crippen molar-refractivity contribution in [1.29, 1.82) is 0 Å². The summed E-state index contributed by atoms with van der Waals surface area (Å²) in [4.78, 5) is 45.6. The van der Waals surface area contributed by atoms with Crippen LogP contribution in [-0.2, 0) is 49.7 Å². The second-order valence-corrected chi connectivity index (χ2v) is 23.3. The van der Waals surface area contributed by atoms with Crippen LogP contribution in [0.3, 0.4) is 0 Å². The van der Waals surface area contributed by atoms with Crippen molar-refractivity contribution in [3.05, 3.63) is 210 Å². The maximum atomic E-state index is 15.6. The molecule has 1 saturated carbocycles. The van der Waals surface area contributed by atoms with Crippen molar-refractivity contribution in [2.75, 3.05) is 26.9 Å². The summed E-state index contributed by atoms with van der Waals surface area (Å²) < 4.78 is 33.6. The Bertz CT molecular complexity index is 3450. The molecule has 0 amide bonds. The van der Waals surface area contributed by atoms with Crippen molar-refractivity contribution in [3.63, 3.8) is 0 Å². The average Bonchev–Trinajstić information content (AvgIpc) is 4.05. The van der Waals surface area contributed by atoms with E-state index < -0.39 is 47.9 Å². The van der Waals surface area contributed by atoms with E-state index in [9.17, 15) is 20.1 Å². The molecule has 5 bridgehead atoms. The largest absolute Gasteiger partial charge is 0.483 e. The smallest absolute Gasteiger partial charge is 0.340 e. The lowest BCUT2D eigenvalue weighted by atomic mass is 9.70. The van der Waals surface area contributed by atoms with Crippen LogP contribution in [-0.4, -0.2) is 65.9 Å². The third kappa shape index (κ3) is 9.70. The molecule has 6 aliphatic rings. The maximum absolute atomic E-state index is 15.6. The summed E-state index contributed by atoms with van der Waals surface area (Å²) in [6, 6.07) is 38.0. The van der Waals surface area contributed by atoms with Crippen LogP contribution in [0.15, 0.2) is 148 Å². The number of esters is 2. The van der Waals surface area contributed by atoms with Crippen molar-refractivity contribution in [2.45, 2.75) is 120 Å². The summed E-state index contributed by atoms with van der Waals surface area (Å²) >= 11 is 0. The summed E-state index contributed by atoms with van der Waals surface area (Å²) in [5.41, 5.74) is 8.93. The molecule has 1 aromatic heterocycles. The van der Waals surface area contributed by atoms with Crippen LogP contribution in [0.4, 0.5) is 0 Å². The summed E-state index contributed by atoms with van der Waals surface area (Å²) in [5.74, 6) is -1.86. The number of hydrogen-bond acceptors (Lipinski definition) is 11. The first kappa shape index (κ1) is 52.8. The zero-order valence-corrected chi connectivity index (χ0v) is 45.3. The first-order chi connectivity index (χ1) is 38.5. The van der Waals surface area contributed by atoms with Gasteiger partial charge in [-0.05, 0) is 157 Å². The Morgan fingerprint density at radius 2 is 1.63 bits per heavy atom. The molecule has 3 aliphatic carbocycles. The molecule has 408 valence electrons. The SMILES string of the molecule is COCC(CCO)c1c(CO)c2ccc3c(c2oc1=O)C1OC(=O)CC2CC(c4cccc(Cc5ccccc5)c4)C=CC2c2ccc4c(c2)CCC2C5C=Cc6ccccc6C5CC2C(C)(O3)C1OC(=O)C(=C(C)CO)CC4. The Morgan fingerprint density at radius 1 is 0.810 bits per heavy atom. The summed E-state index contributed by atoms with van der Waals surface area (Å²) in [5, 5.41) is 32.5. The molecule has 11 nitrogen and oxygen atoms in total. The first-order valence-electron chi connectivity index (χ1n) is 28.4. The van der Waals surface area contributed by atoms with Crippen LogP contribution < -0.4 is 10.4 Å². The minimum atomic E-state index is -1.37. The monoisotopic (exact) mass is 1060 g/mol. The summed E-state index contributed by atoms with van der Waals surface area (Å²) in [6.07, 6.45) is 11.2. The predicted molar refractivity (Wildman–Crippen MR) is 302 cm³/mol. The normalized spacial score (nSPS) is 27.9. The van der Waals surface area contributed by atoms with Gasteiger partial charge in [-0.25, -0.2) is 9.59 Å². The Labute approximate surface area is 461 Å². The van der Waals surface area contributed by atoms with Crippen molar-refractivity contribution in [3.8, 4) is 5.75 Å². The van der Waals surface area contributed by atoms with Crippen LogP contribution in [0.25, 0.3) is 17.0 Å². The van der Waals surface area contributed by atoms with Gasteiger partial charge in [-0.1, -0.05) is 121 Å². The molecule has 0 saturated heterocycles. The summed E-state index contributed by atoms with van der Waals surface area (Å²) in [7, 11) is 1.51. The number of ether oxygens (including phenoxy) is 4. The van der Waals surface area contributed by atoms with Gasteiger partial charge in [0.05, 0.1) is 25.4 Å². The number of hydrogen-bond donors (Lipinski definition) is 3. The number of rotatable bonds is 10. The van der Waals surface area contributed by atoms with Gasteiger partial charge in [-0.2, -0.15) is 0 Å². The van der Waals surface area contributed by atoms with E-state index in [1.165, 1.54) is 40.5 Å². The van der Waals surface area contributed by atoms with Gasteiger partial charge in [-0.3, -0.25) is 4.79 Å². The quantitative estimate of drug-likeness (QED) is 0.0518. The van der Waals surface area contributed by atoms with Gasteiger partial charge < -0.3 is 38.7 Å². The van der Waals surface area contributed by atoms with Gasteiger partial charge in [0, 0.05) is 60.3 Å². The lowest BCUT2D eigenvalue weighted by Gasteiger charge is -2.50. The number of carbonyl (C=O) groups is 2. The first-order valence-corrected chi connectivity index (χ1v) is 28.4. The second kappa shape index (κ2) is 22.0. The minimum absolute atomic E-state index is 0.00204. The Morgan fingerprint density at radius 3 is 2.44 bits per heavy atom. The third-order valence-electron chi connectivity index (χ3n) is 18.9. The Hall–Kier alpha value is -6.89. The topological polar surface area (TPSA) is 162 Å². The minimum Gasteiger partial charge on any atom is -0.483 e. The standard InChI is InChI=1S/C68H70O11/c1-39(36-70)50-22-18-42-16-17-47-32-45(42)21-25-54-53-24-19-43-13-7-8-15-52(43)56(53)35-58(54)68(2)65(78-66(50)73)64(62-59(79-68)27-26-55-57(37-71)61(67(74)77-63(55)62)48(28-29-69)38-75-3)76-60(72)34-49-33-46(20-23-51(47)49)44-14-9-12-41(31-44)30-40-10-5-4-6-11-40/h4-17,19-20,23-24,26-27,31-32,46,48-49,51,53-54,56,58,64-65,69-71H,18,21-22,25,28-30,33-38H2,1-3H3. The highest BCUT2D eigenvalue weighted by atomic mass is 16.6. The highest BCUT2D eigenvalue weighted by molar-refractivity contribution is 5.90. The van der Waals surface area contributed by atoms with E-state index in [4.69, 9.17) is 23.4 Å². The number of allylic oxidation sites excluding steroid dienone is 3. The third-order valence-corrected chi connectivity index (χ3v) is 18.9. The van der Waals surface area contributed by atoms with Crippen molar-refractivity contribution in [2.24, 2.45) is 23.7 Å². The van der Waals surface area contributed by atoms with Crippen molar-refractivity contribution in [1.82, 2.24) is 0 Å². The number of methoxy groups -OCH3 is 1. The van der Waals surface area contributed by atoms with Gasteiger partial charge in [0.1, 0.15) is 11.3 Å². The van der Waals surface area contributed by atoms with E-state index in [1.807, 2.05) is 13.0 Å². The van der Waals surface area contributed by atoms with Gasteiger partial charge in [0.25, 0.3) is 0 Å². The highest BCUT2D eigenvalue weighted by Crippen LogP contribution is 2.61. The van der Waals surface area contributed by atoms with E-state index in [1.54, 1.807) is 19.1 Å². The number of aryl methyl sites for hydroxylation is 2. The molecule has 4 heterocycles. The van der Waals surface area contributed by atoms with E-state index in [0.717, 1.165) is 30.4 Å². The van der Waals surface area contributed by atoms with Gasteiger partial charge in [0.15, 0.2) is 17.8 Å². The van der Waals surface area contributed by atoms with Crippen LogP contribution in [0.5, 0.6) is 5.75 Å². The molecule has 6 aromatic rings. The molecule has 11 heteroatoms. The zero-order valence-electron chi connectivity index (χ0n) is 45.3. The molecule has 0 radical (unpaired) electrons. The number of aliphatic hydroxyl groups is 3. The second-order valence-electron chi connectivity index (χ2n) is 23.3. The van der Waals surface area contributed by atoms with E-state index in [0.29, 0.717) is 47.1 Å². The Balaban J connectivity index is 1.07.